The fourth-order valence-corrected chi connectivity index (χ4v) is 2.67. The molecule has 1 heterocycles. The van der Waals surface area contributed by atoms with Gasteiger partial charge in [0.05, 0.1) is 12.6 Å². The van der Waals surface area contributed by atoms with E-state index >= 15 is 0 Å². The van der Waals surface area contributed by atoms with Crippen molar-refractivity contribution >= 4 is 12.0 Å². The van der Waals surface area contributed by atoms with Crippen LogP contribution < -0.4 is 5.32 Å². The van der Waals surface area contributed by atoms with Gasteiger partial charge in [-0.3, -0.25) is 9.79 Å². The minimum Gasteiger partial charge on any atom is -0.307 e. The molecule has 1 aliphatic rings. The second kappa shape index (κ2) is 6.27. The molecule has 0 aliphatic carbocycles. The topological polar surface area (TPSA) is 41.5 Å². The first kappa shape index (κ1) is 14.9. The van der Waals surface area contributed by atoms with Gasteiger partial charge in [-0.25, -0.2) is 4.39 Å². The van der Waals surface area contributed by atoms with Crippen LogP contribution in [-0.2, 0) is 4.79 Å². The summed E-state index contributed by atoms with van der Waals surface area (Å²) in [5, 5.41) is 3.27. The molecule has 0 radical (unpaired) electrons. The van der Waals surface area contributed by atoms with Gasteiger partial charge in [-0.2, -0.15) is 0 Å². The predicted octanol–water partition coefficient (Wildman–Crippen LogP) is 2.59. The molecule has 20 heavy (non-hydrogen) atoms. The van der Waals surface area contributed by atoms with Crippen LogP contribution in [0.1, 0.15) is 32.3 Å². The number of Topliss-reactive ketones (excluding diaryl/α,β-unsaturated/α-hetero) is 1. The van der Waals surface area contributed by atoms with E-state index in [0.717, 1.165) is 19.4 Å². The Morgan fingerprint density at radius 1 is 1.50 bits per heavy atom. The van der Waals surface area contributed by atoms with Crippen molar-refractivity contribution in [1.82, 2.24) is 5.32 Å². The number of ketones is 1. The Morgan fingerprint density at radius 2 is 2.25 bits per heavy atom. The molecule has 4 heteroatoms. The second-order valence-corrected chi connectivity index (χ2v) is 5.94. The normalized spacial score (nSPS) is 22.1. The Kier molecular flexibility index (Phi) is 4.65. The molecular weight excluding hydrogens is 255 g/mol. The van der Waals surface area contributed by atoms with E-state index < -0.39 is 0 Å². The molecular formula is C16H21FN2O. The van der Waals surface area contributed by atoms with Crippen molar-refractivity contribution < 1.29 is 9.18 Å². The predicted molar refractivity (Wildman–Crippen MR) is 78.7 cm³/mol. The van der Waals surface area contributed by atoms with Crippen molar-refractivity contribution in [2.45, 2.75) is 32.7 Å². The molecule has 1 aromatic carbocycles. The van der Waals surface area contributed by atoms with Crippen LogP contribution in [0.5, 0.6) is 0 Å². The lowest BCUT2D eigenvalue weighted by Gasteiger charge is -2.38. The second-order valence-electron chi connectivity index (χ2n) is 5.94. The van der Waals surface area contributed by atoms with Gasteiger partial charge in [-0.15, -0.1) is 0 Å². The van der Waals surface area contributed by atoms with Gasteiger partial charge in [0.2, 0.25) is 0 Å². The Labute approximate surface area is 119 Å². The molecule has 0 amide bonds. The van der Waals surface area contributed by atoms with Crippen LogP contribution in [0, 0.1) is 11.2 Å². The molecule has 0 spiro atoms. The maximum Gasteiger partial charge on any atom is 0.171 e. The Balaban J connectivity index is 1.97. The number of hydrogen-bond donors (Lipinski definition) is 1. The van der Waals surface area contributed by atoms with Crippen molar-refractivity contribution in [3.8, 4) is 0 Å². The molecule has 108 valence electrons. The molecule has 1 aromatic rings. The lowest BCUT2D eigenvalue weighted by Crippen LogP contribution is -2.52. The molecule has 0 saturated carbocycles. The van der Waals surface area contributed by atoms with Crippen molar-refractivity contribution in [1.29, 1.82) is 0 Å². The molecule has 0 aromatic heterocycles. The van der Waals surface area contributed by atoms with E-state index in [1.54, 1.807) is 18.2 Å². The fourth-order valence-electron chi connectivity index (χ4n) is 2.67. The third kappa shape index (κ3) is 3.51. The van der Waals surface area contributed by atoms with E-state index in [1.165, 1.54) is 12.3 Å². The molecule has 0 bridgehead atoms. The van der Waals surface area contributed by atoms with Crippen molar-refractivity contribution in [3.63, 3.8) is 0 Å². The van der Waals surface area contributed by atoms with Crippen LogP contribution in [-0.4, -0.2) is 31.1 Å². The number of nitrogens with zero attached hydrogens (tertiary/aromatic N) is 1. The van der Waals surface area contributed by atoms with Gasteiger partial charge in [-0.1, -0.05) is 32.0 Å². The molecule has 1 aliphatic heterocycles. The first-order chi connectivity index (χ1) is 9.50. The lowest BCUT2D eigenvalue weighted by atomic mass is 9.76. The number of aliphatic imine (C=N–C) groups is 1. The highest BCUT2D eigenvalue weighted by Crippen LogP contribution is 2.30. The number of nitrogens with one attached hydrogen (secondary N) is 1. The van der Waals surface area contributed by atoms with E-state index in [1.807, 2.05) is 0 Å². The highest BCUT2D eigenvalue weighted by molar-refractivity contribution is 5.89. The number of halogens is 1. The van der Waals surface area contributed by atoms with Gasteiger partial charge < -0.3 is 5.32 Å². The zero-order valence-electron chi connectivity index (χ0n) is 12.0. The molecule has 1 fully saturated rings. The van der Waals surface area contributed by atoms with Crippen LogP contribution in [0.2, 0.25) is 0 Å². The summed E-state index contributed by atoms with van der Waals surface area (Å²) in [5.41, 5.74) is 0.374. The van der Waals surface area contributed by atoms with Gasteiger partial charge in [0.1, 0.15) is 5.82 Å². The first-order valence-electron chi connectivity index (χ1n) is 7.01. The van der Waals surface area contributed by atoms with E-state index in [4.69, 9.17) is 0 Å². The number of rotatable bonds is 4. The molecule has 1 saturated heterocycles. The quantitative estimate of drug-likeness (QED) is 0.859. The van der Waals surface area contributed by atoms with E-state index in [9.17, 15) is 9.18 Å². The molecule has 1 unspecified atom stereocenters. The average molecular weight is 276 g/mol. The zero-order chi connectivity index (χ0) is 14.6. The average Bonchev–Trinajstić information content (AvgIpc) is 2.40. The molecule has 2 rings (SSSR count). The molecule has 1 atom stereocenters. The summed E-state index contributed by atoms with van der Waals surface area (Å²) in [6.07, 6.45) is 3.56. The molecule has 1 N–H and O–H groups in total. The first-order valence-corrected chi connectivity index (χ1v) is 7.01. The summed E-state index contributed by atoms with van der Waals surface area (Å²) in [5.74, 6) is -0.248. The van der Waals surface area contributed by atoms with Gasteiger partial charge in [-0.05, 0) is 30.9 Å². The maximum atomic E-state index is 13.4. The van der Waals surface area contributed by atoms with Crippen LogP contribution >= 0.6 is 0 Å². The third-order valence-corrected chi connectivity index (χ3v) is 3.83. The monoisotopic (exact) mass is 276 g/mol. The van der Waals surface area contributed by atoms with Crippen LogP contribution in [0.25, 0.3) is 0 Å². The summed E-state index contributed by atoms with van der Waals surface area (Å²) in [7, 11) is 0. The highest BCUT2D eigenvalue weighted by Gasteiger charge is 2.36. The van der Waals surface area contributed by atoms with Gasteiger partial charge in [0.25, 0.3) is 0 Å². The van der Waals surface area contributed by atoms with E-state index in [0.29, 0.717) is 5.56 Å². The van der Waals surface area contributed by atoms with Crippen molar-refractivity contribution in [3.05, 3.63) is 35.6 Å². The summed E-state index contributed by atoms with van der Waals surface area (Å²) in [6, 6.07) is 6.25. The number of carbonyl (C=O) groups is 1. The summed E-state index contributed by atoms with van der Waals surface area (Å²) in [6.45, 7) is 5.16. The number of hydrogen-bond acceptors (Lipinski definition) is 3. The van der Waals surface area contributed by atoms with Gasteiger partial charge in [0.15, 0.2) is 5.78 Å². The van der Waals surface area contributed by atoms with Crippen LogP contribution in [0.3, 0.4) is 0 Å². The van der Waals surface area contributed by atoms with Crippen molar-refractivity contribution in [2.75, 3.05) is 13.1 Å². The highest BCUT2D eigenvalue weighted by atomic mass is 19.1. The smallest absolute Gasteiger partial charge is 0.171 e. The van der Waals surface area contributed by atoms with Gasteiger partial charge >= 0.3 is 0 Å². The maximum absolute atomic E-state index is 13.4. The Hall–Kier alpha value is -1.55. The van der Waals surface area contributed by atoms with Gasteiger partial charge in [0, 0.05) is 11.8 Å². The minimum absolute atomic E-state index is 0.0388. The summed E-state index contributed by atoms with van der Waals surface area (Å²) >= 11 is 0. The summed E-state index contributed by atoms with van der Waals surface area (Å²) in [4.78, 5) is 16.3. The third-order valence-electron chi connectivity index (χ3n) is 3.83. The van der Waals surface area contributed by atoms with Crippen LogP contribution in [0.4, 0.5) is 4.39 Å². The van der Waals surface area contributed by atoms with Crippen LogP contribution in [0.15, 0.2) is 29.3 Å². The number of benzene rings is 1. The van der Waals surface area contributed by atoms with E-state index in [2.05, 4.69) is 24.2 Å². The minimum atomic E-state index is -0.320. The molecule has 3 nitrogen and oxygen atoms in total. The fraction of sp³-hybridized carbons (Fsp3) is 0.500. The van der Waals surface area contributed by atoms with E-state index in [-0.39, 0.29) is 29.6 Å². The number of carbonyl (C=O) groups excluding carboxylic acids is 1. The SMILES string of the molecule is CC1(C)CCCNC1C(=O)C/N=C/c1ccccc1F. The standard InChI is InChI=1S/C16H21FN2O/c1-16(2)8-5-9-19-15(16)14(20)11-18-10-12-6-3-4-7-13(12)17/h3-4,6-7,10,15,19H,5,8-9,11H2,1-2H3/b18-10+. The summed E-state index contributed by atoms with van der Waals surface area (Å²) < 4.78 is 13.4. The lowest BCUT2D eigenvalue weighted by molar-refractivity contribution is -0.123. The van der Waals surface area contributed by atoms with Crippen molar-refractivity contribution in [2.24, 2.45) is 10.4 Å². The zero-order valence-corrected chi connectivity index (χ0v) is 12.0. The Bertz CT molecular complexity index is 511. The number of piperidine rings is 1. The largest absolute Gasteiger partial charge is 0.307 e. The Morgan fingerprint density at radius 3 is 2.95 bits per heavy atom.